The second-order valence-electron chi connectivity index (χ2n) is 10.6. The molecule has 1 atom stereocenters. The summed E-state index contributed by atoms with van der Waals surface area (Å²) in [4.78, 5) is 29.1. The number of halogens is 3. The lowest BCUT2D eigenvalue weighted by Gasteiger charge is -2.38. The minimum absolute atomic E-state index is 0.0172. The number of para-hydroxylation sites is 2. The Kier molecular flexibility index (Phi) is 7.45. The maximum Gasteiger partial charge on any atom is 0.239 e. The molecular weight excluding hydrogens is 541 g/mol. The second-order valence-corrected chi connectivity index (χ2v) is 11.9. The summed E-state index contributed by atoms with van der Waals surface area (Å²) in [6, 6.07) is 19.9. The van der Waals surface area contributed by atoms with Gasteiger partial charge in [-0.2, -0.15) is 0 Å². The van der Waals surface area contributed by atoms with E-state index in [2.05, 4.69) is 24.5 Å². The highest BCUT2D eigenvalue weighted by Gasteiger charge is 2.42. The highest BCUT2D eigenvalue weighted by Crippen LogP contribution is 2.49. The summed E-state index contributed by atoms with van der Waals surface area (Å²) in [5.74, 6) is -0.142. The lowest BCUT2D eigenvalue weighted by Crippen LogP contribution is -2.42. The number of hydrogen-bond acceptors (Lipinski definition) is 4. The van der Waals surface area contributed by atoms with Crippen molar-refractivity contribution >= 4 is 57.9 Å². The Bertz CT molecular complexity index is 1430. The van der Waals surface area contributed by atoms with Crippen molar-refractivity contribution in [3.63, 3.8) is 0 Å². The van der Waals surface area contributed by atoms with Crippen LogP contribution in [0, 0.1) is 5.41 Å². The van der Waals surface area contributed by atoms with Crippen LogP contribution in [0.2, 0.25) is 15.1 Å². The topological polar surface area (TPSA) is 61.4 Å². The van der Waals surface area contributed by atoms with Crippen molar-refractivity contribution in [2.24, 2.45) is 5.41 Å². The number of carbonyl (C=O) groups is 2. The molecule has 3 aromatic carbocycles. The van der Waals surface area contributed by atoms with Crippen LogP contribution in [-0.2, 0) is 16.1 Å². The Morgan fingerprint density at radius 3 is 2.45 bits per heavy atom. The van der Waals surface area contributed by atoms with Crippen molar-refractivity contribution in [2.75, 3.05) is 16.8 Å². The predicted molar refractivity (Wildman–Crippen MR) is 155 cm³/mol. The van der Waals surface area contributed by atoms with Crippen LogP contribution < -0.4 is 15.5 Å². The molecule has 8 heteroatoms. The first-order valence-corrected chi connectivity index (χ1v) is 13.6. The highest BCUT2D eigenvalue weighted by molar-refractivity contribution is 6.35. The fourth-order valence-electron chi connectivity index (χ4n) is 5.29. The second kappa shape index (κ2) is 10.6. The van der Waals surface area contributed by atoms with Crippen LogP contribution in [-0.4, -0.2) is 18.2 Å². The van der Waals surface area contributed by atoms with Crippen molar-refractivity contribution in [3.8, 4) is 0 Å². The average molecular weight is 569 g/mol. The maximum atomic E-state index is 13.8. The summed E-state index contributed by atoms with van der Waals surface area (Å²) in [6.45, 7) is 4.57. The quantitative estimate of drug-likeness (QED) is 0.333. The summed E-state index contributed by atoms with van der Waals surface area (Å²) in [7, 11) is 0. The molecule has 0 aromatic heterocycles. The van der Waals surface area contributed by atoms with Gasteiger partial charge in [-0.1, -0.05) is 79.0 Å². The van der Waals surface area contributed by atoms with Gasteiger partial charge in [-0.3, -0.25) is 9.59 Å². The molecule has 1 amide bonds. The summed E-state index contributed by atoms with van der Waals surface area (Å²) in [5.41, 5.74) is 4.60. The molecule has 0 radical (unpaired) electrons. The molecule has 5 nitrogen and oxygen atoms in total. The summed E-state index contributed by atoms with van der Waals surface area (Å²) >= 11 is 19.0. The summed E-state index contributed by atoms with van der Waals surface area (Å²) < 4.78 is 0. The van der Waals surface area contributed by atoms with Gasteiger partial charge in [0.25, 0.3) is 0 Å². The number of nitrogens with one attached hydrogen (secondary N) is 2. The number of fused-ring (bicyclic) bond motifs is 1. The van der Waals surface area contributed by atoms with Gasteiger partial charge in [0, 0.05) is 39.3 Å². The third kappa shape index (κ3) is 5.56. The number of carbonyl (C=O) groups excluding carboxylic acids is 2. The molecule has 0 fully saturated rings. The number of allylic oxidation sites excluding steroid dienone is 1. The molecule has 1 unspecified atom stereocenters. The molecule has 5 rings (SSSR count). The first kappa shape index (κ1) is 26.6. The van der Waals surface area contributed by atoms with Crippen LogP contribution >= 0.6 is 34.8 Å². The van der Waals surface area contributed by atoms with E-state index in [0.717, 1.165) is 28.2 Å². The van der Waals surface area contributed by atoms with Crippen LogP contribution in [0.5, 0.6) is 0 Å². The van der Waals surface area contributed by atoms with E-state index in [0.29, 0.717) is 40.0 Å². The van der Waals surface area contributed by atoms with Gasteiger partial charge < -0.3 is 15.5 Å². The van der Waals surface area contributed by atoms with E-state index in [1.165, 1.54) is 0 Å². The van der Waals surface area contributed by atoms with E-state index in [-0.39, 0.29) is 23.7 Å². The van der Waals surface area contributed by atoms with Crippen molar-refractivity contribution in [1.29, 1.82) is 0 Å². The molecule has 0 bridgehead atoms. The number of nitrogens with zero attached hydrogens (tertiary/aromatic N) is 1. The van der Waals surface area contributed by atoms with Crippen LogP contribution in [0.1, 0.15) is 43.9 Å². The third-order valence-corrected chi connectivity index (χ3v) is 7.79. The summed E-state index contributed by atoms with van der Waals surface area (Å²) in [6.07, 6.45) is 1.10. The number of rotatable bonds is 5. The van der Waals surface area contributed by atoms with Gasteiger partial charge in [-0.15, -0.1) is 0 Å². The van der Waals surface area contributed by atoms with E-state index < -0.39 is 6.04 Å². The molecule has 3 aromatic rings. The minimum Gasteiger partial charge on any atom is -0.357 e. The molecule has 0 spiro atoms. The molecule has 196 valence electrons. The largest absolute Gasteiger partial charge is 0.357 e. The zero-order valence-corrected chi connectivity index (χ0v) is 23.4. The average Bonchev–Trinajstić information content (AvgIpc) is 2.97. The molecule has 38 heavy (non-hydrogen) atoms. The molecule has 1 heterocycles. The lowest BCUT2D eigenvalue weighted by molar-refractivity contribution is -0.120. The Morgan fingerprint density at radius 2 is 1.71 bits per heavy atom. The monoisotopic (exact) mass is 567 g/mol. The number of amides is 1. The fraction of sp³-hybridized carbons (Fsp3) is 0.267. The Hall–Kier alpha value is -2.99. The van der Waals surface area contributed by atoms with Gasteiger partial charge in [0.2, 0.25) is 5.91 Å². The van der Waals surface area contributed by atoms with Crippen molar-refractivity contribution in [1.82, 2.24) is 5.32 Å². The van der Waals surface area contributed by atoms with Gasteiger partial charge in [-0.25, -0.2) is 0 Å². The molecule has 1 aliphatic carbocycles. The van der Waals surface area contributed by atoms with E-state index in [4.69, 9.17) is 34.8 Å². The Balaban J connectivity index is 1.59. The van der Waals surface area contributed by atoms with E-state index in [1.54, 1.807) is 24.3 Å². The summed E-state index contributed by atoms with van der Waals surface area (Å²) in [5, 5.41) is 8.14. The molecule has 0 saturated carbocycles. The molecule has 2 aliphatic rings. The van der Waals surface area contributed by atoms with Gasteiger partial charge >= 0.3 is 0 Å². The number of benzene rings is 3. The van der Waals surface area contributed by atoms with Crippen molar-refractivity contribution in [2.45, 2.75) is 39.3 Å². The minimum atomic E-state index is -0.573. The van der Waals surface area contributed by atoms with E-state index in [1.807, 2.05) is 47.4 Å². The molecule has 2 N–H and O–H groups in total. The van der Waals surface area contributed by atoms with Crippen LogP contribution in [0.15, 0.2) is 78.0 Å². The standard InChI is InChI=1S/C30H28Cl3N3O2/c1-30(2)14-24-28(26(37)15-30)29(21-12-11-20(32)13-22(21)33)36(25-6-4-3-5-23(25)35-24)17-27(38)34-16-18-7-9-19(31)10-8-18/h3-13,29,35H,14-17H2,1-2H3,(H,34,38). The van der Waals surface area contributed by atoms with Crippen LogP contribution in [0.3, 0.4) is 0 Å². The number of anilines is 2. The molecule has 1 aliphatic heterocycles. The fourth-order valence-corrected chi connectivity index (χ4v) is 5.93. The van der Waals surface area contributed by atoms with Crippen LogP contribution in [0.4, 0.5) is 11.4 Å². The molecular formula is C30H28Cl3N3O2. The van der Waals surface area contributed by atoms with Crippen molar-refractivity contribution in [3.05, 3.63) is 104 Å². The van der Waals surface area contributed by atoms with Gasteiger partial charge in [0.05, 0.1) is 24.0 Å². The maximum absolute atomic E-state index is 13.8. The Morgan fingerprint density at radius 1 is 1.00 bits per heavy atom. The normalized spacial score (nSPS) is 18.3. The zero-order valence-electron chi connectivity index (χ0n) is 21.2. The number of ketones is 1. The lowest BCUT2D eigenvalue weighted by atomic mass is 9.73. The first-order valence-electron chi connectivity index (χ1n) is 12.5. The van der Waals surface area contributed by atoms with Crippen LogP contribution in [0.25, 0.3) is 0 Å². The van der Waals surface area contributed by atoms with Gasteiger partial charge in [0.1, 0.15) is 0 Å². The predicted octanol–water partition coefficient (Wildman–Crippen LogP) is 7.58. The SMILES string of the molecule is CC1(C)CC(=O)C2=C(C1)Nc1ccccc1N(CC(=O)NCc1ccc(Cl)cc1)C2c1ccc(Cl)cc1Cl. The van der Waals surface area contributed by atoms with E-state index >= 15 is 0 Å². The molecule has 0 saturated heterocycles. The number of hydrogen-bond donors (Lipinski definition) is 2. The zero-order chi connectivity index (χ0) is 27.0. The van der Waals surface area contributed by atoms with Gasteiger partial charge in [0.15, 0.2) is 5.78 Å². The van der Waals surface area contributed by atoms with E-state index in [9.17, 15) is 9.59 Å². The Labute approximate surface area is 237 Å². The smallest absolute Gasteiger partial charge is 0.239 e. The number of Topliss-reactive ketones (excluding diaryl/α,β-unsaturated/α-hetero) is 1. The highest BCUT2D eigenvalue weighted by atomic mass is 35.5. The first-order chi connectivity index (χ1) is 18.1. The van der Waals surface area contributed by atoms with Crippen molar-refractivity contribution < 1.29 is 9.59 Å². The van der Waals surface area contributed by atoms with Gasteiger partial charge in [-0.05, 0) is 59.4 Å². The third-order valence-electron chi connectivity index (χ3n) is 6.98.